The fraction of sp³-hybridized carbons (Fsp3) is 0.450. The maximum atomic E-state index is 15.2. The van der Waals surface area contributed by atoms with Gasteiger partial charge >= 0.3 is 0 Å². The molecule has 2 atom stereocenters. The van der Waals surface area contributed by atoms with Crippen LogP contribution in [0.5, 0.6) is 0 Å². The number of fused-ring (bicyclic) bond motifs is 2. The summed E-state index contributed by atoms with van der Waals surface area (Å²) in [6, 6.07) is 1.79. The molecule has 3 aliphatic rings. The van der Waals surface area contributed by atoms with Gasteiger partial charge in [0, 0.05) is 41.6 Å². The van der Waals surface area contributed by atoms with E-state index in [2.05, 4.69) is 20.9 Å². The van der Waals surface area contributed by atoms with Gasteiger partial charge in [0.25, 0.3) is 5.91 Å². The Hall–Kier alpha value is -2.94. The quantitative estimate of drug-likeness (QED) is 0.621. The zero-order valence-electron chi connectivity index (χ0n) is 15.9. The van der Waals surface area contributed by atoms with E-state index >= 15 is 4.39 Å². The molecule has 0 spiro atoms. The summed E-state index contributed by atoms with van der Waals surface area (Å²) in [5.41, 5.74) is 8.85. The van der Waals surface area contributed by atoms with Crippen molar-refractivity contribution in [3.63, 3.8) is 0 Å². The van der Waals surface area contributed by atoms with Gasteiger partial charge in [0.1, 0.15) is 6.54 Å². The number of carbonyl (C=O) groups excluding carboxylic acids is 2. The molecular weight excluding hydrogens is 375 g/mol. The lowest BCUT2D eigenvalue weighted by atomic mass is 9.91. The van der Waals surface area contributed by atoms with Crippen LogP contribution in [0.2, 0.25) is 0 Å². The number of nitrogens with one attached hydrogen (secondary N) is 3. The zero-order valence-corrected chi connectivity index (χ0v) is 15.9. The van der Waals surface area contributed by atoms with Gasteiger partial charge in [-0.05, 0) is 18.9 Å². The van der Waals surface area contributed by atoms with E-state index in [0.717, 1.165) is 31.4 Å². The molecule has 2 aliphatic heterocycles. The molecule has 1 fully saturated rings. The molecule has 29 heavy (non-hydrogen) atoms. The summed E-state index contributed by atoms with van der Waals surface area (Å²) in [5.74, 6) is -0.763. The Morgan fingerprint density at radius 1 is 1.21 bits per heavy atom. The summed E-state index contributed by atoms with van der Waals surface area (Å²) in [6.45, 7) is 0.762. The number of nitrogens with zero attached hydrogens (tertiary/aromatic N) is 2. The first kappa shape index (κ1) is 18.1. The van der Waals surface area contributed by atoms with Crippen molar-refractivity contribution in [3.8, 4) is 11.3 Å². The summed E-state index contributed by atoms with van der Waals surface area (Å²) < 4.78 is 17.0. The molecule has 4 heterocycles. The van der Waals surface area contributed by atoms with E-state index < -0.39 is 5.82 Å². The first-order valence-corrected chi connectivity index (χ1v) is 10.00. The Morgan fingerprint density at radius 2 is 2.03 bits per heavy atom. The number of pyridine rings is 1. The van der Waals surface area contributed by atoms with Gasteiger partial charge < -0.3 is 26.3 Å². The number of hydrogen-bond donors (Lipinski definition) is 4. The van der Waals surface area contributed by atoms with Gasteiger partial charge in [-0.25, -0.2) is 9.37 Å². The highest BCUT2D eigenvalue weighted by atomic mass is 19.1. The molecule has 2 unspecified atom stereocenters. The van der Waals surface area contributed by atoms with Crippen molar-refractivity contribution in [1.82, 2.24) is 20.2 Å². The van der Waals surface area contributed by atoms with E-state index in [-0.39, 0.29) is 48.4 Å². The average Bonchev–Trinajstić information content (AvgIpc) is 3.29. The third kappa shape index (κ3) is 3.05. The normalized spacial score (nSPS) is 23.2. The fourth-order valence-corrected chi connectivity index (χ4v) is 4.48. The van der Waals surface area contributed by atoms with E-state index in [1.165, 1.54) is 0 Å². The highest BCUT2D eigenvalue weighted by Crippen LogP contribution is 2.34. The third-order valence-electron chi connectivity index (χ3n) is 6.07. The third-order valence-corrected chi connectivity index (χ3v) is 6.07. The first-order valence-electron chi connectivity index (χ1n) is 10.00. The number of rotatable bonds is 3. The molecule has 8 nitrogen and oxygen atoms in total. The van der Waals surface area contributed by atoms with Crippen molar-refractivity contribution in [2.75, 3.05) is 5.32 Å². The predicted octanol–water partition coefficient (Wildman–Crippen LogP) is 1.24. The fourth-order valence-electron chi connectivity index (χ4n) is 4.48. The maximum Gasteiger partial charge on any atom is 0.254 e. The van der Waals surface area contributed by atoms with Crippen LogP contribution in [0.4, 0.5) is 10.2 Å². The molecule has 2 aromatic rings. The minimum absolute atomic E-state index is 0.0502. The lowest BCUT2D eigenvalue weighted by Gasteiger charge is -2.30. The summed E-state index contributed by atoms with van der Waals surface area (Å²) >= 11 is 0. The van der Waals surface area contributed by atoms with Crippen molar-refractivity contribution in [2.45, 2.75) is 57.4 Å². The Labute approximate surface area is 167 Å². The van der Waals surface area contributed by atoms with Crippen molar-refractivity contribution in [1.29, 1.82) is 0 Å². The van der Waals surface area contributed by atoms with Crippen LogP contribution in [-0.2, 0) is 24.4 Å². The topological polar surface area (TPSA) is 114 Å². The summed E-state index contributed by atoms with van der Waals surface area (Å²) in [5, 5.41) is 8.70. The largest absolute Gasteiger partial charge is 0.363 e. The Bertz CT molecular complexity index is 1020. The molecule has 2 aromatic heterocycles. The summed E-state index contributed by atoms with van der Waals surface area (Å²) in [7, 11) is 0. The molecular formula is C20H23FN6O2. The van der Waals surface area contributed by atoms with E-state index in [0.29, 0.717) is 23.4 Å². The van der Waals surface area contributed by atoms with Crippen LogP contribution in [0, 0.1) is 5.82 Å². The van der Waals surface area contributed by atoms with Gasteiger partial charge in [0.2, 0.25) is 5.91 Å². The predicted molar refractivity (Wildman–Crippen MR) is 104 cm³/mol. The molecule has 152 valence electrons. The summed E-state index contributed by atoms with van der Waals surface area (Å²) in [4.78, 5) is 28.6. The summed E-state index contributed by atoms with van der Waals surface area (Å²) in [6.07, 6.45) is 5.67. The Kier molecular flexibility index (Phi) is 4.27. The average molecular weight is 398 g/mol. The molecule has 9 heteroatoms. The van der Waals surface area contributed by atoms with Crippen molar-refractivity contribution in [2.24, 2.45) is 5.73 Å². The second-order valence-electron chi connectivity index (χ2n) is 7.98. The maximum absolute atomic E-state index is 15.2. The van der Waals surface area contributed by atoms with Gasteiger partial charge in [0.15, 0.2) is 11.6 Å². The van der Waals surface area contributed by atoms with Crippen LogP contribution in [0.15, 0.2) is 12.3 Å². The smallest absolute Gasteiger partial charge is 0.254 e. The van der Waals surface area contributed by atoms with Crippen LogP contribution < -0.4 is 21.7 Å². The highest BCUT2D eigenvalue weighted by Gasteiger charge is 2.32. The number of amides is 2. The van der Waals surface area contributed by atoms with Crippen LogP contribution in [0.1, 0.15) is 47.3 Å². The van der Waals surface area contributed by atoms with Gasteiger partial charge in [0.05, 0.1) is 17.8 Å². The molecule has 5 N–H and O–H groups in total. The monoisotopic (exact) mass is 398 g/mol. The number of nitrogens with two attached hydrogens (primary N) is 1. The lowest BCUT2D eigenvalue weighted by molar-refractivity contribution is -0.122. The van der Waals surface area contributed by atoms with Gasteiger partial charge in [-0.3, -0.25) is 9.59 Å². The first-order chi connectivity index (χ1) is 14.0. The van der Waals surface area contributed by atoms with E-state index in [4.69, 9.17) is 5.73 Å². The van der Waals surface area contributed by atoms with E-state index in [9.17, 15) is 9.59 Å². The molecule has 0 radical (unpaired) electrons. The van der Waals surface area contributed by atoms with E-state index in [1.54, 1.807) is 6.20 Å². The molecule has 0 bridgehead atoms. The highest BCUT2D eigenvalue weighted by molar-refractivity contribution is 6.04. The van der Waals surface area contributed by atoms with Gasteiger partial charge in [-0.2, -0.15) is 0 Å². The zero-order chi connectivity index (χ0) is 20.1. The van der Waals surface area contributed by atoms with Crippen LogP contribution >= 0.6 is 0 Å². The van der Waals surface area contributed by atoms with Crippen molar-refractivity contribution in [3.05, 3.63) is 34.9 Å². The van der Waals surface area contributed by atoms with Crippen molar-refractivity contribution >= 4 is 17.6 Å². The van der Waals surface area contributed by atoms with Crippen LogP contribution in [0.3, 0.4) is 0 Å². The van der Waals surface area contributed by atoms with Crippen molar-refractivity contribution < 1.29 is 14.0 Å². The standard InChI is InChI=1S/C20H23FN6O2/c21-17-12-7-24-20(29)16(12)18(10-5-11-6-23-15(28)9-27(11)8-10)26-19(17)25-14-4-2-1-3-13(14)22/h5,8,13-14H,1-4,6-7,9,22H2,(H,23,28)(H,24,29)(H,25,26). The Morgan fingerprint density at radius 3 is 2.86 bits per heavy atom. The molecule has 1 aliphatic carbocycles. The van der Waals surface area contributed by atoms with Crippen LogP contribution in [0.25, 0.3) is 11.3 Å². The SMILES string of the molecule is NC1CCCCC1Nc1nc(-c2cc3n(c2)CC(=O)NC3)c2c(c1F)CNC2=O. The molecule has 1 saturated carbocycles. The minimum Gasteiger partial charge on any atom is -0.363 e. The number of anilines is 1. The van der Waals surface area contributed by atoms with Gasteiger partial charge in [-0.1, -0.05) is 12.8 Å². The van der Waals surface area contributed by atoms with Gasteiger partial charge in [-0.15, -0.1) is 0 Å². The van der Waals surface area contributed by atoms with E-state index in [1.807, 2.05) is 10.6 Å². The number of halogens is 1. The Balaban J connectivity index is 1.59. The lowest BCUT2D eigenvalue weighted by Crippen LogP contribution is -2.43. The number of aromatic nitrogens is 2. The minimum atomic E-state index is -0.499. The second-order valence-corrected chi connectivity index (χ2v) is 7.98. The second kappa shape index (κ2) is 6.84. The molecule has 5 rings (SSSR count). The molecule has 0 saturated heterocycles. The number of hydrogen-bond acceptors (Lipinski definition) is 5. The van der Waals surface area contributed by atoms with Crippen LogP contribution in [-0.4, -0.2) is 33.4 Å². The molecule has 2 amide bonds. The number of carbonyl (C=O) groups is 2. The molecule has 0 aromatic carbocycles.